The summed E-state index contributed by atoms with van der Waals surface area (Å²) in [6.45, 7) is 9.72. The second kappa shape index (κ2) is 5.28. The summed E-state index contributed by atoms with van der Waals surface area (Å²) in [6.07, 6.45) is 0. The molecule has 2 rings (SSSR count). The average Bonchev–Trinajstić information content (AvgIpc) is 2.30. The first kappa shape index (κ1) is 12.7. The molecule has 2 nitrogen and oxygen atoms in total. The van der Waals surface area contributed by atoms with Gasteiger partial charge in [-0.05, 0) is 30.5 Å². The standard InChI is InChI=1S/C14H21ClN2/c1-10(2)12-4-5-14(13(15)8-12)17-7-6-16-9-11(17)3/h4-5,8,10-11,16H,6-7,9H2,1-3H3/t11-/m1/s1. The summed E-state index contributed by atoms with van der Waals surface area (Å²) in [5.41, 5.74) is 2.48. The Labute approximate surface area is 109 Å². The lowest BCUT2D eigenvalue weighted by Crippen LogP contribution is -2.50. The van der Waals surface area contributed by atoms with Gasteiger partial charge < -0.3 is 10.2 Å². The Morgan fingerprint density at radius 2 is 2.18 bits per heavy atom. The highest BCUT2D eigenvalue weighted by Gasteiger charge is 2.20. The molecule has 0 bridgehead atoms. The third-order valence-electron chi connectivity index (χ3n) is 3.45. The van der Waals surface area contributed by atoms with Crippen LogP contribution in [0.15, 0.2) is 18.2 Å². The maximum atomic E-state index is 6.41. The molecular formula is C14H21ClN2. The number of piperazine rings is 1. The molecule has 0 aromatic heterocycles. The Hall–Kier alpha value is -0.730. The largest absolute Gasteiger partial charge is 0.365 e. The fourth-order valence-electron chi connectivity index (χ4n) is 2.31. The van der Waals surface area contributed by atoms with E-state index in [1.54, 1.807) is 0 Å². The van der Waals surface area contributed by atoms with Gasteiger partial charge in [0.1, 0.15) is 0 Å². The van der Waals surface area contributed by atoms with Crippen molar-refractivity contribution in [3.05, 3.63) is 28.8 Å². The highest BCUT2D eigenvalue weighted by atomic mass is 35.5. The molecule has 0 radical (unpaired) electrons. The van der Waals surface area contributed by atoms with Gasteiger partial charge in [0.25, 0.3) is 0 Å². The normalized spacial score (nSPS) is 21.0. The Morgan fingerprint density at radius 3 is 2.76 bits per heavy atom. The summed E-state index contributed by atoms with van der Waals surface area (Å²) >= 11 is 6.41. The zero-order valence-electron chi connectivity index (χ0n) is 10.8. The van der Waals surface area contributed by atoms with Gasteiger partial charge in [-0.25, -0.2) is 0 Å². The Morgan fingerprint density at radius 1 is 1.41 bits per heavy atom. The van der Waals surface area contributed by atoms with E-state index in [1.165, 1.54) is 11.3 Å². The molecule has 0 saturated carbocycles. The van der Waals surface area contributed by atoms with Crippen molar-refractivity contribution in [3.8, 4) is 0 Å². The molecule has 1 fully saturated rings. The monoisotopic (exact) mass is 252 g/mol. The van der Waals surface area contributed by atoms with Crippen molar-refractivity contribution in [2.24, 2.45) is 0 Å². The molecule has 0 unspecified atom stereocenters. The van der Waals surface area contributed by atoms with E-state index in [0.717, 1.165) is 24.7 Å². The second-order valence-electron chi connectivity index (χ2n) is 5.11. The maximum Gasteiger partial charge on any atom is 0.0642 e. The number of rotatable bonds is 2. The van der Waals surface area contributed by atoms with Crippen molar-refractivity contribution < 1.29 is 0 Å². The lowest BCUT2D eigenvalue weighted by molar-refractivity contribution is 0.501. The van der Waals surface area contributed by atoms with E-state index in [0.29, 0.717) is 12.0 Å². The smallest absolute Gasteiger partial charge is 0.0642 e. The van der Waals surface area contributed by atoms with Crippen LogP contribution >= 0.6 is 11.6 Å². The lowest BCUT2D eigenvalue weighted by Gasteiger charge is -2.36. The second-order valence-corrected chi connectivity index (χ2v) is 5.52. The highest BCUT2D eigenvalue weighted by molar-refractivity contribution is 6.33. The van der Waals surface area contributed by atoms with Gasteiger partial charge in [-0.2, -0.15) is 0 Å². The van der Waals surface area contributed by atoms with Crippen LogP contribution in [0.5, 0.6) is 0 Å². The third-order valence-corrected chi connectivity index (χ3v) is 3.75. The molecule has 3 heteroatoms. The minimum atomic E-state index is 0.506. The summed E-state index contributed by atoms with van der Waals surface area (Å²) in [7, 11) is 0. The topological polar surface area (TPSA) is 15.3 Å². The molecule has 17 heavy (non-hydrogen) atoms. The van der Waals surface area contributed by atoms with Crippen LogP contribution in [0.25, 0.3) is 0 Å². The highest BCUT2D eigenvalue weighted by Crippen LogP contribution is 2.31. The van der Waals surface area contributed by atoms with Crippen LogP contribution in [0, 0.1) is 0 Å². The van der Waals surface area contributed by atoms with E-state index < -0.39 is 0 Å². The molecule has 1 aliphatic rings. The molecule has 1 aliphatic heterocycles. The molecular weight excluding hydrogens is 232 g/mol. The fraction of sp³-hybridized carbons (Fsp3) is 0.571. The van der Waals surface area contributed by atoms with Gasteiger partial charge in [0.05, 0.1) is 10.7 Å². The van der Waals surface area contributed by atoms with E-state index in [-0.39, 0.29) is 0 Å². The molecule has 1 saturated heterocycles. The first-order valence-corrected chi connectivity index (χ1v) is 6.74. The van der Waals surface area contributed by atoms with Crippen LogP contribution in [0.1, 0.15) is 32.3 Å². The molecule has 0 spiro atoms. The van der Waals surface area contributed by atoms with E-state index in [9.17, 15) is 0 Å². The quantitative estimate of drug-likeness (QED) is 0.869. The minimum Gasteiger partial charge on any atom is -0.365 e. The van der Waals surface area contributed by atoms with Crippen molar-refractivity contribution >= 4 is 17.3 Å². The van der Waals surface area contributed by atoms with E-state index in [2.05, 4.69) is 49.2 Å². The van der Waals surface area contributed by atoms with Gasteiger partial charge >= 0.3 is 0 Å². The molecule has 1 atom stereocenters. The summed E-state index contributed by atoms with van der Waals surface area (Å²) in [5.74, 6) is 0.530. The van der Waals surface area contributed by atoms with Gasteiger partial charge in [0, 0.05) is 25.7 Å². The number of nitrogens with one attached hydrogen (secondary N) is 1. The summed E-state index contributed by atoms with van der Waals surface area (Å²) in [4.78, 5) is 2.39. The average molecular weight is 253 g/mol. The van der Waals surface area contributed by atoms with Crippen LogP contribution in [0.2, 0.25) is 5.02 Å². The van der Waals surface area contributed by atoms with E-state index >= 15 is 0 Å². The van der Waals surface area contributed by atoms with Crippen molar-refractivity contribution in [3.63, 3.8) is 0 Å². The van der Waals surface area contributed by atoms with Gasteiger partial charge in [0.15, 0.2) is 0 Å². The predicted molar refractivity (Wildman–Crippen MR) is 75.2 cm³/mol. The first-order chi connectivity index (χ1) is 8.09. The number of nitrogens with zero attached hydrogens (tertiary/aromatic N) is 1. The number of hydrogen-bond donors (Lipinski definition) is 1. The first-order valence-electron chi connectivity index (χ1n) is 6.36. The molecule has 1 heterocycles. The van der Waals surface area contributed by atoms with E-state index in [4.69, 9.17) is 11.6 Å². The van der Waals surface area contributed by atoms with Crippen molar-refractivity contribution in [1.82, 2.24) is 5.32 Å². The predicted octanol–water partition coefficient (Wildman–Crippen LogP) is 3.26. The van der Waals surface area contributed by atoms with Gasteiger partial charge in [0.2, 0.25) is 0 Å². The zero-order valence-corrected chi connectivity index (χ0v) is 11.6. The van der Waals surface area contributed by atoms with Crippen LogP contribution < -0.4 is 10.2 Å². The summed E-state index contributed by atoms with van der Waals surface area (Å²) in [6, 6.07) is 6.97. The van der Waals surface area contributed by atoms with Crippen molar-refractivity contribution in [2.45, 2.75) is 32.7 Å². The molecule has 0 amide bonds. The van der Waals surface area contributed by atoms with Gasteiger partial charge in [-0.1, -0.05) is 31.5 Å². The fourth-order valence-corrected chi connectivity index (χ4v) is 2.61. The van der Waals surface area contributed by atoms with Crippen LogP contribution in [-0.4, -0.2) is 25.7 Å². The molecule has 1 N–H and O–H groups in total. The SMILES string of the molecule is CC(C)c1ccc(N2CCNC[C@H]2C)c(Cl)c1. The van der Waals surface area contributed by atoms with Gasteiger partial charge in [-0.3, -0.25) is 0 Å². The molecule has 1 aromatic rings. The van der Waals surface area contributed by atoms with Crippen LogP contribution in [0.4, 0.5) is 5.69 Å². The Kier molecular flexibility index (Phi) is 3.95. The third kappa shape index (κ3) is 2.75. The minimum absolute atomic E-state index is 0.506. The number of anilines is 1. The molecule has 94 valence electrons. The summed E-state index contributed by atoms with van der Waals surface area (Å²) < 4.78 is 0. The Balaban J connectivity index is 2.26. The molecule has 0 aliphatic carbocycles. The Bertz CT molecular complexity index is 390. The number of halogens is 1. The van der Waals surface area contributed by atoms with Crippen molar-refractivity contribution in [1.29, 1.82) is 0 Å². The molecule has 1 aromatic carbocycles. The van der Waals surface area contributed by atoms with Crippen LogP contribution in [-0.2, 0) is 0 Å². The van der Waals surface area contributed by atoms with Gasteiger partial charge in [-0.15, -0.1) is 0 Å². The van der Waals surface area contributed by atoms with E-state index in [1.807, 2.05) is 0 Å². The lowest BCUT2D eigenvalue weighted by atomic mass is 10.0. The maximum absolute atomic E-state index is 6.41. The summed E-state index contributed by atoms with van der Waals surface area (Å²) in [5, 5.41) is 4.28. The van der Waals surface area contributed by atoms with Crippen LogP contribution in [0.3, 0.4) is 0 Å². The number of benzene rings is 1. The zero-order chi connectivity index (χ0) is 12.4. The number of hydrogen-bond acceptors (Lipinski definition) is 2. The van der Waals surface area contributed by atoms with Crippen molar-refractivity contribution in [2.75, 3.05) is 24.5 Å².